The molecule has 2 nitrogen and oxygen atoms in total. The van der Waals surface area contributed by atoms with Crippen molar-refractivity contribution in [2.24, 2.45) is 0 Å². The molecule has 3 rings (SSSR count). The minimum absolute atomic E-state index is 0.104. The van der Waals surface area contributed by atoms with Gasteiger partial charge >= 0.3 is 0 Å². The van der Waals surface area contributed by atoms with Crippen molar-refractivity contribution < 1.29 is 4.74 Å². The minimum Gasteiger partial charge on any atom is -0.356 e. The molecule has 0 saturated carbocycles. The lowest BCUT2D eigenvalue weighted by molar-refractivity contribution is 0.0707. The first kappa shape index (κ1) is 9.43. The SMILES string of the molecule is Brc1ccc2c(c1)C=C1CCCO[C@@H]1N2. The van der Waals surface area contributed by atoms with Gasteiger partial charge in [-0.2, -0.15) is 0 Å². The van der Waals surface area contributed by atoms with E-state index in [9.17, 15) is 0 Å². The quantitative estimate of drug-likeness (QED) is 0.777. The van der Waals surface area contributed by atoms with E-state index in [-0.39, 0.29) is 6.23 Å². The van der Waals surface area contributed by atoms with E-state index in [1.54, 1.807) is 0 Å². The van der Waals surface area contributed by atoms with Crippen LogP contribution in [-0.2, 0) is 4.74 Å². The number of rotatable bonds is 0. The molecule has 15 heavy (non-hydrogen) atoms. The monoisotopic (exact) mass is 265 g/mol. The smallest absolute Gasteiger partial charge is 0.150 e. The summed E-state index contributed by atoms with van der Waals surface area (Å²) in [6.07, 6.45) is 4.63. The number of fused-ring (bicyclic) bond motifs is 2. The van der Waals surface area contributed by atoms with Gasteiger partial charge in [-0.3, -0.25) is 0 Å². The highest BCUT2D eigenvalue weighted by molar-refractivity contribution is 9.10. The molecule has 0 spiro atoms. The van der Waals surface area contributed by atoms with Gasteiger partial charge in [-0.15, -0.1) is 0 Å². The summed E-state index contributed by atoms with van der Waals surface area (Å²) in [6.45, 7) is 0.862. The van der Waals surface area contributed by atoms with Crippen LogP contribution in [0.25, 0.3) is 6.08 Å². The summed E-state index contributed by atoms with van der Waals surface area (Å²) >= 11 is 3.49. The minimum atomic E-state index is 0.104. The Morgan fingerprint density at radius 2 is 2.33 bits per heavy atom. The zero-order chi connectivity index (χ0) is 10.3. The first-order valence-corrected chi connectivity index (χ1v) is 6.00. The first-order valence-electron chi connectivity index (χ1n) is 5.21. The Kier molecular flexibility index (Phi) is 2.29. The lowest BCUT2D eigenvalue weighted by Crippen LogP contribution is -2.32. The van der Waals surface area contributed by atoms with Crippen molar-refractivity contribution in [3.05, 3.63) is 33.8 Å². The lowest BCUT2D eigenvalue weighted by Gasteiger charge is -2.31. The number of ether oxygens (including phenoxy) is 1. The third-order valence-corrected chi connectivity index (χ3v) is 3.37. The number of benzene rings is 1. The Bertz CT molecular complexity index is 428. The van der Waals surface area contributed by atoms with Crippen molar-refractivity contribution in [3.63, 3.8) is 0 Å². The van der Waals surface area contributed by atoms with Crippen molar-refractivity contribution in [3.8, 4) is 0 Å². The summed E-state index contributed by atoms with van der Waals surface area (Å²) in [5.74, 6) is 0. The molecule has 2 heterocycles. The zero-order valence-electron chi connectivity index (χ0n) is 8.29. The molecule has 1 fully saturated rings. The molecule has 1 aromatic carbocycles. The average molecular weight is 266 g/mol. The van der Waals surface area contributed by atoms with Gasteiger partial charge in [-0.05, 0) is 48.3 Å². The molecule has 0 radical (unpaired) electrons. The van der Waals surface area contributed by atoms with Crippen LogP contribution in [0.3, 0.4) is 0 Å². The van der Waals surface area contributed by atoms with Crippen LogP contribution in [0.1, 0.15) is 18.4 Å². The van der Waals surface area contributed by atoms with E-state index in [2.05, 4.69) is 39.5 Å². The highest BCUT2D eigenvalue weighted by Crippen LogP contribution is 2.33. The average Bonchev–Trinajstić information content (AvgIpc) is 2.26. The predicted octanol–water partition coefficient (Wildman–Crippen LogP) is 3.39. The van der Waals surface area contributed by atoms with Gasteiger partial charge in [0, 0.05) is 16.8 Å². The number of anilines is 1. The Labute approximate surface area is 97.5 Å². The summed E-state index contributed by atoms with van der Waals surface area (Å²) < 4.78 is 6.80. The van der Waals surface area contributed by atoms with Gasteiger partial charge in [0.25, 0.3) is 0 Å². The normalized spacial score (nSPS) is 23.5. The molecule has 1 N–H and O–H groups in total. The zero-order valence-corrected chi connectivity index (χ0v) is 9.88. The van der Waals surface area contributed by atoms with E-state index in [0.717, 1.165) is 29.6 Å². The summed E-state index contributed by atoms with van der Waals surface area (Å²) in [7, 11) is 0. The fourth-order valence-electron chi connectivity index (χ4n) is 2.12. The van der Waals surface area contributed by atoms with E-state index in [1.807, 2.05) is 6.07 Å². The molecule has 0 aromatic heterocycles. The molecule has 0 amide bonds. The van der Waals surface area contributed by atoms with Gasteiger partial charge in [0.05, 0.1) is 0 Å². The second kappa shape index (κ2) is 3.65. The van der Waals surface area contributed by atoms with Crippen LogP contribution < -0.4 is 5.32 Å². The number of hydrogen-bond donors (Lipinski definition) is 1. The maximum atomic E-state index is 5.68. The first-order chi connectivity index (χ1) is 7.33. The topological polar surface area (TPSA) is 21.3 Å². The molecular weight excluding hydrogens is 254 g/mol. The largest absolute Gasteiger partial charge is 0.356 e. The van der Waals surface area contributed by atoms with Crippen LogP contribution >= 0.6 is 15.9 Å². The van der Waals surface area contributed by atoms with E-state index >= 15 is 0 Å². The predicted molar refractivity (Wildman–Crippen MR) is 64.7 cm³/mol. The molecule has 1 aromatic rings. The highest BCUT2D eigenvalue weighted by Gasteiger charge is 2.23. The third kappa shape index (κ3) is 1.70. The van der Waals surface area contributed by atoms with Gasteiger partial charge < -0.3 is 10.1 Å². The highest BCUT2D eigenvalue weighted by atomic mass is 79.9. The molecule has 2 aliphatic rings. The second-order valence-corrected chi connectivity index (χ2v) is 4.87. The van der Waals surface area contributed by atoms with Gasteiger partial charge in [0.1, 0.15) is 6.23 Å². The van der Waals surface area contributed by atoms with E-state index in [0.29, 0.717) is 0 Å². The maximum absolute atomic E-state index is 5.68. The van der Waals surface area contributed by atoms with Crippen LogP contribution in [0.4, 0.5) is 5.69 Å². The summed E-state index contributed by atoms with van der Waals surface area (Å²) in [5, 5.41) is 3.41. The van der Waals surface area contributed by atoms with Crippen LogP contribution in [0.5, 0.6) is 0 Å². The molecular formula is C12H12BrNO. The summed E-state index contributed by atoms with van der Waals surface area (Å²) in [4.78, 5) is 0. The van der Waals surface area contributed by atoms with Crippen molar-refractivity contribution >= 4 is 27.7 Å². The maximum Gasteiger partial charge on any atom is 0.150 e. The van der Waals surface area contributed by atoms with Crippen LogP contribution in [0, 0.1) is 0 Å². The van der Waals surface area contributed by atoms with Crippen LogP contribution in [-0.4, -0.2) is 12.8 Å². The van der Waals surface area contributed by atoms with Crippen molar-refractivity contribution in [1.29, 1.82) is 0 Å². The molecule has 1 atom stereocenters. The lowest BCUT2D eigenvalue weighted by atomic mass is 9.98. The fraction of sp³-hybridized carbons (Fsp3) is 0.333. The molecule has 2 aliphatic heterocycles. The van der Waals surface area contributed by atoms with Gasteiger partial charge in [0.15, 0.2) is 0 Å². The van der Waals surface area contributed by atoms with Gasteiger partial charge in [-0.25, -0.2) is 0 Å². The number of nitrogens with one attached hydrogen (secondary N) is 1. The van der Waals surface area contributed by atoms with E-state index in [1.165, 1.54) is 11.1 Å². The second-order valence-electron chi connectivity index (χ2n) is 3.95. The van der Waals surface area contributed by atoms with Crippen LogP contribution in [0.15, 0.2) is 28.2 Å². The molecule has 3 heteroatoms. The molecule has 0 bridgehead atoms. The number of hydrogen-bond acceptors (Lipinski definition) is 2. The Morgan fingerprint density at radius 1 is 1.40 bits per heavy atom. The number of halogens is 1. The third-order valence-electron chi connectivity index (χ3n) is 2.87. The van der Waals surface area contributed by atoms with E-state index in [4.69, 9.17) is 4.74 Å². The van der Waals surface area contributed by atoms with Gasteiger partial charge in [-0.1, -0.05) is 15.9 Å². The van der Waals surface area contributed by atoms with Crippen molar-refractivity contribution in [2.45, 2.75) is 19.1 Å². The molecule has 1 saturated heterocycles. The Hall–Kier alpha value is -0.800. The fourth-order valence-corrected chi connectivity index (χ4v) is 2.50. The van der Waals surface area contributed by atoms with E-state index < -0.39 is 0 Å². The standard InChI is InChI=1S/C12H12BrNO/c13-10-3-4-11-9(7-10)6-8-2-1-5-15-12(8)14-11/h3-4,6-7,12,14H,1-2,5H2/t12-/m0/s1. The van der Waals surface area contributed by atoms with Crippen molar-refractivity contribution in [2.75, 3.05) is 11.9 Å². The summed E-state index contributed by atoms with van der Waals surface area (Å²) in [5.41, 5.74) is 3.78. The van der Waals surface area contributed by atoms with Gasteiger partial charge in [0.2, 0.25) is 0 Å². The molecule has 0 unspecified atom stereocenters. The van der Waals surface area contributed by atoms with Crippen LogP contribution in [0.2, 0.25) is 0 Å². The van der Waals surface area contributed by atoms with Crippen molar-refractivity contribution in [1.82, 2.24) is 0 Å². The molecule has 78 valence electrons. The summed E-state index contributed by atoms with van der Waals surface area (Å²) in [6, 6.07) is 6.28. The molecule has 0 aliphatic carbocycles. The Morgan fingerprint density at radius 3 is 3.27 bits per heavy atom. The Balaban J connectivity index is 2.03.